The maximum absolute atomic E-state index is 11.0. The molecule has 1 heterocycles. The molecule has 1 aromatic rings. The molecule has 2 rings (SSSR count). The minimum Gasteiger partial charge on any atom is -0.497 e. The van der Waals surface area contributed by atoms with Crippen molar-refractivity contribution in [3.05, 3.63) is 17.7 Å². The molecular formula is C9H9ClO5S. The first-order valence-corrected chi connectivity index (χ1v) is 6.86. The van der Waals surface area contributed by atoms with Crippen LogP contribution >= 0.6 is 10.7 Å². The van der Waals surface area contributed by atoms with Crippen molar-refractivity contribution in [1.29, 1.82) is 0 Å². The Morgan fingerprint density at radius 2 is 2.19 bits per heavy atom. The summed E-state index contributed by atoms with van der Waals surface area (Å²) in [6.45, 7) is 0.0673. The summed E-state index contributed by atoms with van der Waals surface area (Å²) in [5, 5.41) is 0. The molecule has 0 aliphatic carbocycles. The summed E-state index contributed by atoms with van der Waals surface area (Å²) in [6.07, 6.45) is 0. The molecule has 0 N–H and O–H groups in total. The van der Waals surface area contributed by atoms with Gasteiger partial charge in [-0.2, -0.15) is 0 Å². The Labute approximate surface area is 97.3 Å². The Hall–Kier alpha value is -1.14. The molecule has 0 saturated heterocycles. The van der Waals surface area contributed by atoms with Crippen LogP contribution in [0.25, 0.3) is 0 Å². The SMILES string of the molecule is COc1cc(CS(=O)(=O)Cl)c2c(c1)OCO2. The predicted octanol–water partition coefficient (Wildman–Crippen LogP) is 1.49. The van der Waals surface area contributed by atoms with E-state index in [0.29, 0.717) is 22.8 Å². The average Bonchev–Trinajstić information content (AvgIpc) is 2.63. The summed E-state index contributed by atoms with van der Waals surface area (Å²) < 4.78 is 37.4. The number of hydrogen-bond donors (Lipinski definition) is 0. The van der Waals surface area contributed by atoms with E-state index < -0.39 is 9.05 Å². The molecule has 88 valence electrons. The lowest BCUT2D eigenvalue weighted by molar-refractivity contribution is 0.173. The fraction of sp³-hybridized carbons (Fsp3) is 0.333. The minimum atomic E-state index is -3.64. The first-order chi connectivity index (χ1) is 7.49. The van der Waals surface area contributed by atoms with Gasteiger partial charge in [-0.15, -0.1) is 0 Å². The Kier molecular flexibility index (Phi) is 2.86. The van der Waals surface area contributed by atoms with Gasteiger partial charge in [0.1, 0.15) is 5.75 Å². The first kappa shape index (κ1) is 11.3. The zero-order chi connectivity index (χ0) is 11.8. The summed E-state index contributed by atoms with van der Waals surface area (Å²) in [5.74, 6) is 1.05. The lowest BCUT2D eigenvalue weighted by Gasteiger charge is -2.07. The lowest BCUT2D eigenvalue weighted by Crippen LogP contribution is -1.98. The van der Waals surface area contributed by atoms with Crippen molar-refractivity contribution in [1.82, 2.24) is 0 Å². The van der Waals surface area contributed by atoms with Gasteiger partial charge in [0, 0.05) is 22.3 Å². The summed E-state index contributed by atoms with van der Waals surface area (Å²) in [6, 6.07) is 3.19. The highest BCUT2D eigenvalue weighted by molar-refractivity contribution is 8.13. The zero-order valence-electron chi connectivity index (χ0n) is 8.40. The predicted molar refractivity (Wildman–Crippen MR) is 57.6 cm³/mol. The molecule has 0 spiro atoms. The van der Waals surface area contributed by atoms with Crippen molar-refractivity contribution in [2.45, 2.75) is 5.75 Å². The van der Waals surface area contributed by atoms with Gasteiger partial charge in [-0.25, -0.2) is 8.42 Å². The molecule has 0 amide bonds. The second kappa shape index (κ2) is 4.03. The van der Waals surface area contributed by atoms with Crippen LogP contribution in [-0.4, -0.2) is 22.3 Å². The van der Waals surface area contributed by atoms with Crippen LogP contribution in [0.15, 0.2) is 12.1 Å². The minimum absolute atomic E-state index is 0.0673. The zero-order valence-corrected chi connectivity index (χ0v) is 9.97. The summed E-state index contributed by atoms with van der Waals surface area (Å²) >= 11 is 0. The van der Waals surface area contributed by atoms with E-state index in [4.69, 9.17) is 24.9 Å². The Bertz CT molecular complexity index is 511. The van der Waals surface area contributed by atoms with Gasteiger partial charge in [0.25, 0.3) is 0 Å². The van der Waals surface area contributed by atoms with Gasteiger partial charge >= 0.3 is 0 Å². The summed E-state index contributed by atoms with van der Waals surface area (Å²) in [5.41, 5.74) is 0.432. The molecule has 5 nitrogen and oxygen atoms in total. The maximum Gasteiger partial charge on any atom is 0.236 e. The highest BCUT2D eigenvalue weighted by atomic mass is 35.7. The van der Waals surface area contributed by atoms with Crippen molar-refractivity contribution >= 4 is 19.7 Å². The van der Waals surface area contributed by atoms with Gasteiger partial charge in [-0.1, -0.05) is 0 Å². The van der Waals surface area contributed by atoms with Crippen LogP contribution in [-0.2, 0) is 14.8 Å². The van der Waals surface area contributed by atoms with Gasteiger partial charge in [0.05, 0.1) is 12.9 Å². The van der Waals surface area contributed by atoms with Crippen molar-refractivity contribution < 1.29 is 22.6 Å². The third-order valence-corrected chi connectivity index (χ3v) is 3.07. The molecule has 0 atom stereocenters. The smallest absolute Gasteiger partial charge is 0.236 e. The third-order valence-electron chi connectivity index (χ3n) is 2.09. The van der Waals surface area contributed by atoms with Crippen LogP contribution < -0.4 is 14.2 Å². The van der Waals surface area contributed by atoms with E-state index in [1.165, 1.54) is 7.11 Å². The first-order valence-electron chi connectivity index (χ1n) is 4.38. The van der Waals surface area contributed by atoms with E-state index in [1.54, 1.807) is 12.1 Å². The third kappa shape index (κ3) is 2.33. The van der Waals surface area contributed by atoms with Crippen LogP contribution in [0.3, 0.4) is 0 Å². The van der Waals surface area contributed by atoms with Crippen molar-refractivity contribution in [3.63, 3.8) is 0 Å². The largest absolute Gasteiger partial charge is 0.497 e. The second-order valence-corrected chi connectivity index (χ2v) is 5.98. The van der Waals surface area contributed by atoms with Crippen LogP contribution in [0.4, 0.5) is 0 Å². The lowest BCUT2D eigenvalue weighted by atomic mass is 10.2. The van der Waals surface area contributed by atoms with E-state index in [9.17, 15) is 8.42 Å². The van der Waals surface area contributed by atoms with E-state index in [0.717, 1.165) is 0 Å². The van der Waals surface area contributed by atoms with E-state index >= 15 is 0 Å². The highest BCUT2D eigenvalue weighted by Gasteiger charge is 2.22. The number of hydrogen-bond acceptors (Lipinski definition) is 5. The highest BCUT2D eigenvalue weighted by Crippen LogP contribution is 2.40. The molecule has 1 aliphatic heterocycles. The summed E-state index contributed by atoms with van der Waals surface area (Å²) in [4.78, 5) is 0. The molecule has 1 aromatic carbocycles. The van der Waals surface area contributed by atoms with Crippen LogP contribution in [0, 0.1) is 0 Å². The van der Waals surface area contributed by atoms with E-state index in [-0.39, 0.29) is 12.5 Å². The van der Waals surface area contributed by atoms with E-state index in [2.05, 4.69) is 0 Å². The number of methoxy groups -OCH3 is 1. The summed E-state index contributed by atoms with van der Waals surface area (Å²) in [7, 11) is 3.04. The number of halogens is 1. The average molecular weight is 265 g/mol. The van der Waals surface area contributed by atoms with Crippen molar-refractivity contribution in [2.75, 3.05) is 13.9 Å². The van der Waals surface area contributed by atoms with Crippen LogP contribution in [0.5, 0.6) is 17.2 Å². The monoisotopic (exact) mass is 264 g/mol. The number of rotatable bonds is 3. The van der Waals surface area contributed by atoms with Gasteiger partial charge in [0.2, 0.25) is 15.8 Å². The molecule has 0 saturated carbocycles. The van der Waals surface area contributed by atoms with Gasteiger partial charge in [-0.05, 0) is 6.07 Å². The fourth-order valence-corrected chi connectivity index (χ4v) is 2.40. The molecule has 0 bridgehead atoms. The molecule has 0 aromatic heterocycles. The topological polar surface area (TPSA) is 61.8 Å². The molecular weight excluding hydrogens is 256 g/mol. The normalized spacial score (nSPS) is 13.9. The van der Waals surface area contributed by atoms with Gasteiger partial charge in [-0.3, -0.25) is 0 Å². The van der Waals surface area contributed by atoms with Gasteiger partial charge in [0.15, 0.2) is 11.5 Å². The number of ether oxygens (including phenoxy) is 3. The molecule has 0 fully saturated rings. The van der Waals surface area contributed by atoms with E-state index in [1.807, 2.05) is 0 Å². The van der Waals surface area contributed by atoms with Crippen LogP contribution in [0.2, 0.25) is 0 Å². The number of fused-ring (bicyclic) bond motifs is 1. The molecule has 0 unspecified atom stereocenters. The number of benzene rings is 1. The molecule has 16 heavy (non-hydrogen) atoms. The Morgan fingerprint density at radius 3 is 2.81 bits per heavy atom. The molecule has 7 heteroatoms. The quantitative estimate of drug-likeness (QED) is 0.774. The Balaban J connectivity index is 2.47. The molecule has 1 aliphatic rings. The van der Waals surface area contributed by atoms with Gasteiger partial charge < -0.3 is 14.2 Å². The maximum atomic E-state index is 11.0. The Morgan fingerprint density at radius 1 is 1.44 bits per heavy atom. The fourth-order valence-electron chi connectivity index (χ4n) is 1.47. The molecule has 0 radical (unpaired) electrons. The standard InChI is InChI=1S/C9H9ClO5S/c1-13-7-2-6(4-16(10,11)12)9-8(3-7)14-5-15-9/h2-3H,4-5H2,1H3. The van der Waals surface area contributed by atoms with Crippen LogP contribution in [0.1, 0.15) is 5.56 Å². The second-order valence-electron chi connectivity index (χ2n) is 3.20. The van der Waals surface area contributed by atoms with Crippen molar-refractivity contribution in [3.8, 4) is 17.2 Å². The van der Waals surface area contributed by atoms with Crippen molar-refractivity contribution in [2.24, 2.45) is 0 Å².